The molecule has 160 valence electrons. The standard InChI is InChI=1S/C29H20FO2S/c1-3-29(2,21-11-9-12-22(30)19-21)32-28(31)20-10-8-13-23(18-20)33-26-16-6-4-14-24(26)25-15-5-7-17-27(25)33/h1,4-19H,2H3/q+1. The van der Waals surface area contributed by atoms with Gasteiger partial charge in [0.25, 0.3) is 0 Å². The molecule has 5 aromatic rings. The molecular formula is C29H20FO2S+. The van der Waals surface area contributed by atoms with Crippen molar-refractivity contribution < 1.29 is 13.9 Å². The quantitative estimate of drug-likeness (QED) is 0.160. The summed E-state index contributed by atoms with van der Waals surface area (Å²) in [5.41, 5.74) is -0.570. The van der Waals surface area contributed by atoms with E-state index in [9.17, 15) is 9.18 Å². The molecule has 0 spiro atoms. The zero-order valence-corrected chi connectivity index (χ0v) is 18.7. The lowest BCUT2D eigenvalue weighted by atomic mass is 9.96. The van der Waals surface area contributed by atoms with Gasteiger partial charge in [0.2, 0.25) is 0 Å². The maximum Gasteiger partial charge on any atom is 0.340 e. The minimum Gasteiger partial charge on any atom is -0.438 e. The third-order valence-corrected chi connectivity index (χ3v) is 8.07. The number of thiophene rings is 1. The van der Waals surface area contributed by atoms with Crippen molar-refractivity contribution in [1.82, 2.24) is 0 Å². The van der Waals surface area contributed by atoms with Crippen molar-refractivity contribution in [2.24, 2.45) is 0 Å². The van der Waals surface area contributed by atoms with Crippen LogP contribution in [-0.2, 0) is 10.3 Å². The summed E-state index contributed by atoms with van der Waals surface area (Å²) in [5.74, 6) is 1.52. The molecule has 4 aromatic carbocycles. The SMILES string of the molecule is C#CC(C)(OC(=O)c1cccc(-[s+]2c3ccccc3c3ccccc32)c1)c1cccc(F)c1. The Labute approximate surface area is 194 Å². The van der Waals surface area contributed by atoms with E-state index in [0.29, 0.717) is 11.1 Å². The molecule has 1 unspecified atom stereocenters. The summed E-state index contributed by atoms with van der Waals surface area (Å²) >= 11 is 0. The first-order valence-electron chi connectivity index (χ1n) is 10.5. The topological polar surface area (TPSA) is 26.3 Å². The number of fused-ring (bicyclic) bond motifs is 3. The summed E-state index contributed by atoms with van der Waals surface area (Å²) in [6.45, 7) is 1.59. The van der Waals surface area contributed by atoms with E-state index in [-0.39, 0.29) is 10.5 Å². The Bertz CT molecular complexity index is 1510. The highest BCUT2D eigenvalue weighted by Crippen LogP contribution is 2.48. The number of esters is 1. The Morgan fingerprint density at radius 1 is 0.879 bits per heavy atom. The van der Waals surface area contributed by atoms with Crippen LogP contribution in [0.25, 0.3) is 25.1 Å². The zero-order chi connectivity index (χ0) is 23.0. The normalized spacial score (nSPS) is 12.9. The van der Waals surface area contributed by atoms with Crippen LogP contribution in [0.4, 0.5) is 4.39 Å². The van der Waals surface area contributed by atoms with Gasteiger partial charge in [-0.2, -0.15) is 0 Å². The Kier molecular flexibility index (Phi) is 5.20. The van der Waals surface area contributed by atoms with E-state index in [2.05, 4.69) is 30.2 Å². The lowest BCUT2D eigenvalue weighted by Gasteiger charge is -2.24. The Morgan fingerprint density at radius 2 is 1.52 bits per heavy atom. The Morgan fingerprint density at radius 3 is 2.15 bits per heavy atom. The van der Waals surface area contributed by atoms with Crippen molar-refractivity contribution in [3.8, 4) is 17.2 Å². The highest BCUT2D eigenvalue weighted by Gasteiger charge is 2.31. The molecule has 1 heterocycles. The molecule has 1 aromatic heterocycles. The van der Waals surface area contributed by atoms with E-state index >= 15 is 0 Å². The van der Waals surface area contributed by atoms with Crippen molar-refractivity contribution >= 4 is 36.6 Å². The van der Waals surface area contributed by atoms with Crippen molar-refractivity contribution in [3.05, 3.63) is 114 Å². The van der Waals surface area contributed by atoms with E-state index in [1.54, 1.807) is 25.1 Å². The van der Waals surface area contributed by atoms with Gasteiger partial charge in [-0.15, -0.1) is 6.42 Å². The molecule has 0 saturated heterocycles. The van der Waals surface area contributed by atoms with Gasteiger partial charge in [-0.05, 0) is 55.5 Å². The van der Waals surface area contributed by atoms with E-state index in [0.717, 1.165) is 4.90 Å². The molecule has 2 nitrogen and oxygen atoms in total. The number of rotatable bonds is 4. The minimum atomic E-state index is -1.38. The van der Waals surface area contributed by atoms with Gasteiger partial charge < -0.3 is 4.74 Å². The van der Waals surface area contributed by atoms with Gasteiger partial charge >= 0.3 is 5.97 Å². The first-order chi connectivity index (χ1) is 16.0. The van der Waals surface area contributed by atoms with E-state index in [4.69, 9.17) is 11.2 Å². The summed E-state index contributed by atoms with van der Waals surface area (Å²) < 4.78 is 22.0. The molecule has 0 saturated carbocycles. The van der Waals surface area contributed by atoms with Gasteiger partial charge in [-0.3, -0.25) is 0 Å². The summed E-state index contributed by atoms with van der Waals surface area (Å²) in [7, 11) is -0.329. The largest absolute Gasteiger partial charge is 0.438 e. The molecule has 5 rings (SSSR count). The monoisotopic (exact) mass is 451 g/mol. The fourth-order valence-corrected chi connectivity index (χ4v) is 6.49. The number of halogens is 1. The third kappa shape index (κ3) is 3.67. The van der Waals surface area contributed by atoms with Gasteiger partial charge in [0, 0.05) is 32.9 Å². The number of ether oxygens (including phenoxy) is 1. The molecule has 0 aliphatic heterocycles. The molecule has 4 heteroatoms. The van der Waals surface area contributed by atoms with Crippen LogP contribution in [0.5, 0.6) is 0 Å². The summed E-state index contributed by atoms with van der Waals surface area (Å²) in [4.78, 5) is 14.2. The molecular weight excluding hydrogens is 431 g/mol. The molecule has 33 heavy (non-hydrogen) atoms. The smallest absolute Gasteiger partial charge is 0.340 e. The van der Waals surface area contributed by atoms with Crippen molar-refractivity contribution in [1.29, 1.82) is 0 Å². The van der Waals surface area contributed by atoms with Crippen LogP contribution in [0.15, 0.2) is 97.1 Å². The average molecular weight is 452 g/mol. The van der Waals surface area contributed by atoms with Crippen LogP contribution in [0.3, 0.4) is 0 Å². The predicted molar refractivity (Wildman–Crippen MR) is 133 cm³/mol. The lowest BCUT2D eigenvalue weighted by Crippen LogP contribution is -2.27. The number of terminal acetylenes is 1. The van der Waals surface area contributed by atoms with Gasteiger partial charge in [0.15, 0.2) is 19.9 Å². The lowest BCUT2D eigenvalue weighted by molar-refractivity contribution is 0.0128. The molecule has 1 atom stereocenters. The summed E-state index contributed by atoms with van der Waals surface area (Å²) in [6, 6.07) is 30.0. The van der Waals surface area contributed by atoms with Gasteiger partial charge in [0.05, 0.1) is 5.56 Å². The van der Waals surface area contributed by atoms with Gasteiger partial charge in [-0.1, -0.05) is 48.4 Å². The number of carbonyl (C=O) groups is 1. The molecule has 0 bridgehead atoms. The van der Waals surface area contributed by atoms with Crippen LogP contribution in [0, 0.1) is 18.2 Å². The van der Waals surface area contributed by atoms with Gasteiger partial charge in [0.1, 0.15) is 5.82 Å². The number of hydrogen-bond donors (Lipinski definition) is 0. The molecule has 0 aliphatic carbocycles. The first kappa shape index (κ1) is 20.9. The maximum absolute atomic E-state index is 13.8. The van der Waals surface area contributed by atoms with Crippen LogP contribution in [-0.4, -0.2) is 5.97 Å². The highest BCUT2D eigenvalue weighted by atomic mass is 32.2. The molecule has 0 aliphatic rings. The number of benzene rings is 4. The fourth-order valence-electron chi connectivity index (χ4n) is 4.06. The zero-order valence-electron chi connectivity index (χ0n) is 17.9. The predicted octanol–water partition coefficient (Wildman–Crippen LogP) is 7.58. The fraction of sp³-hybridized carbons (Fsp3) is 0.0690. The molecule has 0 fully saturated rings. The van der Waals surface area contributed by atoms with E-state index < -0.39 is 17.4 Å². The third-order valence-electron chi connectivity index (χ3n) is 5.76. The van der Waals surface area contributed by atoms with Crippen molar-refractivity contribution in [2.45, 2.75) is 12.5 Å². The second-order valence-corrected chi connectivity index (χ2v) is 9.87. The maximum atomic E-state index is 13.8. The molecule has 0 radical (unpaired) electrons. The highest BCUT2D eigenvalue weighted by molar-refractivity contribution is 7.50. The van der Waals surface area contributed by atoms with E-state index in [1.165, 1.54) is 32.3 Å². The Hall–Kier alpha value is -3.94. The average Bonchev–Trinajstić information content (AvgIpc) is 3.18. The van der Waals surface area contributed by atoms with Crippen molar-refractivity contribution in [2.75, 3.05) is 0 Å². The Balaban J connectivity index is 1.57. The van der Waals surface area contributed by atoms with E-state index in [1.807, 2.05) is 42.5 Å². The summed E-state index contributed by atoms with van der Waals surface area (Å²) in [6.07, 6.45) is 5.70. The van der Waals surface area contributed by atoms with Crippen molar-refractivity contribution in [3.63, 3.8) is 0 Å². The van der Waals surface area contributed by atoms with Crippen LogP contribution < -0.4 is 0 Å². The first-order valence-corrected chi connectivity index (χ1v) is 11.7. The second kappa shape index (κ2) is 8.20. The molecule has 0 N–H and O–H groups in total. The van der Waals surface area contributed by atoms with Crippen LogP contribution in [0.2, 0.25) is 0 Å². The number of carbonyl (C=O) groups excluding carboxylic acids is 1. The van der Waals surface area contributed by atoms with Gasteiger partial charge in [-0.25, -0.2) is 9.18 Å². The minimum absolute atomic E-state index is 0.329. The van der Waals surface area contributed by atoms with Crippen LogP contribution >= 0.6 is 10.5 Å². The number of hydrogen-bond acceptors (Lipinski definition) is 2. The summed E-state index contributed by atoms with van der Waals surface area (Å²) in [5, 5.41) is 2.44. The second-order valence-electron chi connectivity index (χ2n) is 7.90. The van der Waals surface area contributed by atoms with Crippen LogP contribution in [0.1, 0.15) is 22.8 Å². The molecule has 0 amide bonds.